The van der Waals surface area contributed by atoms with Crippen LogP contribution >= 0.6 is 0 Å². The van der Waals surface area contributed by atoms with E-state index in [4.69, 9.17) is 13.3 Å². The van der Waals surface area contributed by atoms with Crippen molar-refractivity contribution in [2.24, 2.45) is 0 Å². The van der Waals surface area contributed by atoms with Crippen LogP contribution in [0.1, 0.15) is 0 Å². The Morgan fingerprint density at radius 2 is 0.773 bits per heavy atom. The molecule has 0 atom stereocenters. The molecule has 0 unspecified atom stereocenters. The van der Waals surface area contributed by atoms with Crippen LogP contribution in [0.25, 0.3) is 76.6 Å². The van der Waals surface area contributed by atoms with E-state index in [1.165, 1.54) is 0 Å². The van der Waals surface area contributed by atoms with Crippen molar-refractivity contribution >= 4 is 93.7 Å². The van der Waals surface area contributed by atoms with Gasteiger partial charge in [-0.1, -0.05) is 66.7 Å². The Morgan fingerprint density at radius 1 is 0.318 bits per heavy atom. The van der Waals surface area contributed by atoms with Gasteiger partial charge in [-0.25, -0.2) is 0 Å². The van der Waals surface area contributed by atoms with E-state index in [0.717, 1.165) is 93.7 Å². The van der Waals surface area contributed by atoms with Gasteiger partial charge in [0.05, 0.1) is 0 Å². The van der Waals surface area contributed by atoms with Gasteiger partial charge in [-0.15, -0.1) is 0 Å². The van der Waals surface area contributed by atoms with E-state index >= 15 is 0 Å². The van der Waals surface area contributed by atoms with Crippen LogP contribution in [-0.4, -0.2) is 0 Å². The first-order valence-electron chi connectivity index (χ1n) is 14.8. The third kappa shape index (κ3) is 3.33. The summed E-state index contributed by atoms with van der Waals surface area (Å²) >= 11 is 0. The lowest BCUT2D eigenvalue weighted by atomic mass is 10.0. The summed E-state index contributed by atoms with van der Waals surface area (Å²) in [4.78, 5) is 2.28. The number of anilines is 3. The lowest BCUT2D eigenvalue weighted by Gasteiger charge is -2.26. The highest BCUT2D eigenvalue weighted by molar-refractivity contribution is 6.19. The molecular formula is C40H23NO3. The molecule has 0 bridgehead atoms. The smallest absolute Gasteiger partial charge is 0.137 e. The van der Waals surface area contributed by atoms with E-state index in [-0.39, 0.29) is 0 Å². The largest absolute Gasteiger partial charge is 0.456 e. The average molecular weight is 566 g/mol. The summed E-state index contributed by atoms with van der Waals surface area (Å²) < 4.78 is 18.9. The molecule has 0 N–H and O–H groups in total. The van der Waals surface area contributed by atoms with Crippen LogP contribution in [0, 0.1) is 0 Å². The van der Waals surface area contributed by atoms with Crippen LogP contribution in [0.15, 0.2) is 153 Å². The minimum Gasteiger partial charge on any atom is -0.456 e. The normalized spacial score (nSPS) is 12.1. The first-order valence-corrected chi connectivity index (χ1v) is 14.8. The highest BCUT2D eigenvalue weighted by atomic mass is 16.3. The summed E-state index contributed by atoms with van der Waals surface area (Å²) in [5.74, 6) is 0. The molecule has 3 aromatic heterocycles. The zero-order valence-electron chi connectivity index (χ0n) is 23.5. The van der Waals surface area contributed by atoms with Crippen molar-refractivity contribution in [3.05, 3.63) is 140 Å². The Bertz CT molecular complexity index is 2630. The van der Waals surface area contributed by atoms with E-state index in [1.54, 1.807) is 0 Å². The van der Waals surface area contributed by atoms with Crippen molar-refractivity contribution in [1.29, 1.82) is 0 Å². The number of para-hydroxylation sites is 3. The highest BCUT2D eigenvalue weighted by Crippen LogP contribution is 2.43. The molecule has 0 amide bonds. The summed E-state index contributed by atoms with van der Waals surface area (Å²) in [5, 5.41) is 8.97. The number of benzene rings is 7. The zero-order chi connectivity index (χ0) is 28.8. The number of hydrogen-bond donors (Lipinski definition) is 0. The van der Waals surface area contributed by atoms with Gasteiger partial charge >= 0.3 is 0 Å². The standard InChI is InChI=1S/C40H23NO3/c1-4-10-34-28(7-1)30-18-16-26(22-38(30)43-34)41(27-17-19-31-29-8-2-5-11-35(29)44-39(31)23-27)25-15-13-24-14-20-37-40(33(24)21-25)32-9-3-6-12-36(32)42-37/h1-23H. The molecule has 0 spiro atoms. The van der Waals surface area contributed by atoms with Gasteiger partial charge in [-0.2, -0.15) is 0 Å². The molecular weight excluding hydrogens is 542 g/mol. The van der Waals surface area contributed by atoms with Gasteiger partial charge in [-0.3, -0.25) is 0 Å². The van der Waals surface area contributed by atoms with E-state index < -0.39 is 0 Å². The summed E-state index contributed by atoms with van der Waals surface area (Å²) in [5.41, 5.74) is 8.26. The Hall–Kier alpha value is -6.00. The van der Waals surface area contributed by atoms with Gasteiger partial charge in [0.2, 0.25) is 0 Å². The molecule has 3 heterocycles. The van der Waals surface area contributed by atoms with E-state index in [2.05, 4.69) is 108 Å². The van der Waals surface area contributed by atoms with Crippen molar-refractivity contribution in [2.45, 2.75) is 0 Å². The Morgan fingerprint density at radius 3 is 1.41 bits per heavy atom. The van der Waals surface area contributed by atoms with Crippen LogP contribution in [0.5, 0.6) is 0 Å². The van der Waals surface area contributed by atoms with Crippen LogP contribution in [0.3, 0.4) is 0 Å². The number of rotatable bonds is 3. The molecule has 0 aliphatic rings. The second-order valence-electron chi connectivity index (χ2n) is 11.3. The molecule has 0 saturated carbocycles. The Kier molecular flexibility index (Phi) is 4.69. The second-order valence-corrected chi connectivity index (χ2v) is 11.3. The third-order valence-corrected chi connectivity index (χ3v) is 8.84. The van der Waals surface area contributed by atoms with Crippen molar-refractivity contribution < 1.29 is 13.3 Å². The zero-order valence-corrected chi connectivity index (χ0v) is 23.5. The third-order valence-electron chi connectivity index (χ3n) is 8.84. The molecule has 0 aliphatic heterocycles. The van der Waals surface area contributed by atoms with Crippen LogP contribution in [0.4, 0.5) is 17.1 Å². The fraction of sp³-hybridized carbons (Fsp3) is 0. The molecule has 44 heavy (non-hydrogen) atoms. The topological polar surface area (TPSA) is 42.7 Å². The molecule has 206 valence electrons. The molecule has 0 radical (unpaired) electrons. The SMILES string of the molecule is c1ccc2c(c1)oc1cc(N(c3ccc4c(c3)oc3ccccc34)c3ccc4ccc5oc6ccccc6c5c4c3)ccc12. The van der Waals surface area contributed by atoms with Crippen LogP contribution in [0.2, 0.25) is 0 Å². The minimum atomic E-state index is 0.850. The number of fused-ring (bicyclic) bond motifs is 11. The molecule has 4 heteroatoms. The van der Waals surface area contributed by atoms with Gasteiger partial charge in [0.25, 0.3) is 0 Å². The van der Waals surface area contributed by atoms with Gasteiger partial charge in [-0.05, 0) is 71.4 Å². The van der Waals surface area contributed by atoms with Crippen molar-refractivity contribution in [1.82, 2.24) is 0 Å². The Balaban J connectivity index is 1.24. The lowest BCUT2D eigenvalue weighted by molar-refractivity contribution is 0.668. The molecule has 0 aliphatic carbocycles. The fourth-order valence-electron chi connectivity index (χ4n) is 6.82. The van der Waals surface area contributed by atoms with Gasteiger partial charge in [0.15, 0.2) is 0 Å². The maximum absolute atomic E-state index is 6.33. The number of hydrogen-bond acceptors (Lipinski definition) is 4. The maximum Gasteiger partial charge on any atom is 0.137 e. The number of nitrogens with zero attached hydrogens (tertiary/aromatic N) is 1. The first-order chi connectivity index (χ1) is 21.8. The van der Waals surface area contributed by atoms with Crippen LogP contribution < -0.4 is 4.90 Å². The number of furan rings is 3. The predicted octanol–water partition coefficient (Wildman–Crippen LogP) is 12.0. The highest BCUT2D eigenvalue weighted by Gasteiger charge is 2.19. The molecule has 4 nitrogen and oxygen atoms in total. The summed E-state index contributed by atoms with van der Waals surface area (Å²) in [6, 6.07) is 48.4. The van der Waals surface area contributed by atoms with Gasteiger partial charge < -0.3 is 18.2 Å². The monoisotopic (exact) mass is 565 g/mol. The Labute approximate surface area is 250 Å². The summed E-state index contributed by atoms with van der Waals surface area (Å²) in [6.07, 6.45) is 0. The van der Waals surface area contributed by atoms with E-state index in [1.807, 2.05) is 36.4 Å². The molecule has 0 fully saturated rings. The lowest BCUT2D eigenvalue weighted by Crippen LogP contribution is -2.09. The van der Waals surface area contributed by atoms with Crippen molar-refractivity contribution in [3.8, 4) is 0 Å². The molecule has 7 aromatic carbocycles. The summed E-state index contributed by atoms with van der Waals surface area (Å²) in [7, 11) is 0. The summed E-state index contributed by atoms with van der Waals surface area (Å²) in [6.45, 7) is 0. The van der Waals surface area contributed by atoms with E-state index in [0.29, 0.717) is 0 Å². The quantitative estimate of drug-likeness (QED) is 0.214. The molecule has 10 aromatic rings. The average Bonchev–Trinajstić information content (AvgIpc) is 3.75. The van der Waals surface area contributed by atoms with Gasteiger partial charge in [0, 0.05) is 61.5 Å². The first kappa shape index (κ1) is 23.6. The minimum absolute atomic E-state index is 0.850. The van der Waals surface area contributed by atoms with Crippen molar-refractivity contribution in [2.75, 3.05) is 4.90 Å². The second kappa shape index (κ2) is 8.76. The fourth-order valence-corrected chi connectivity index (χ4v) is 6.82. The molecule has 10 rings (SSSR count). The van der Waals surface area contributed by atoms with Crippen LogP contribution in [-0.2, 0) is 0 Å². The van der Waals surface area contributed by atoms with E-state index in [9.17, 15) is 0 Å². The molecule has 0 saturated heterocycles. The maximum atomic E-state index is 6.33. The van der Waals surface area contributed by atoms with Gasteiger partial charge in [0.1, 0.15) is 33.5 Å². The van der Waals surface area contributed by atoms with Crippen molar-refractivity contribution in [3.63, 3.8) is 0 Å². The predicted molar refractivity (Wildman–Crippen MR) is 180 cm³/mol.